The number of halogens is 2. The van der Waals surface area contributed by atoms with Crippen molar-refractivity contribution in [3.63, 3.8) is 0 Å². The SMILES string of the molecule is CCNC(=NCC(O)COc1ccc(F)cc1)NCCCOCC1CCCO1.I. The first kappa shape index (κ1) is 25.9. The highest BCUT2D eigenvalue weighted by atomic mass is 127. The molecule has 2 rings (SSSR count). The molecule has 29 heavy (non-hydrogen) atoms. The van der Waals surface area contributed by atoms with Crippen molar-refractivity contribution in [1.29, 1.82) is 0 Å². The summed E-state index contributed by atoms with van der Waals surface area (Å²) in [6.45, 7) is 5.89. The van der Waals surface area contributed by atoms with Gasteiger partial charge in [0, 0.05) is 26.3 Å². The molecule has 166 valence electrons. The number of aliphatic hydroxyl groups is 1. The van der Waals surface area contributed by atoms with Crippen LogP contribution in [-0.4, -0.2) is 69.3 Å². The van der Waals surface area contributed by atoms with Gasteiger partial charge in [0.05, 0.1) is 19.3 Å². The first-order valence-electron chi connectivity index (χ1n) is 9.95. The molecular formula is C20H33FIN3O4. The van der Waals surface area contributed by atoms with E-state index in [1.807, 2.05) is 6.92 Å². The average molecular weight is 525 g/mol. The quantitative estimate of drug-likeness (QED) is 0.168. The van der Waals surface area contributed by atoms with Crippen molar-refractivity contribution < 1.29 is 23.7 Å². The van der Waals surface area contributed by atoms with Gasteiger partial charge in [0.25, 0.3) is 0 Å². The number of nitrogens with one attached hydrogen (secondary N) is 2. The molecule has 1 aliphatic heterocycles. The lowest BCUT2D eigenvalue weighted by Crippen LogP contribution is -2.39. The van der Waals surface area contributed by atoms with Gasteiger partial charge in [0.2, 0.25) is 0 Å². The van der Waals surface area contributed by atoms with E-state index in [2.05, 4.69) is 15.6 Å². The largest absolute Gasteiger partial charge is 0.491 e. The fourth-order valence-electron chi connectivity index (χ4n) is 2.69. The van der Waals surface area contributed by atoms with Crippen molar-refractivity contribution in [2.24, 2.45) is 4.99 Å². The Hall–Kier alpha value is -1.17. The molecule has 0 aromatic heterocycles. The minimum Gasteiger partial charge on any atom is -0.491 e. The first-order valence-corrected chi connectivity index (χ1v) is 9.95. The summed E-state index contributed by atoms with van der Waals surface area (Å²) in [4.78, 5) is 4.36. The van der Waals surface area contributed by atoms with Gasteiger partial charge in [0.1, 0.15) is 24.3 Å². The number of hydrogen-bond donors (Lipinski definition) is 3. The maximum Gasteiger partial charge on any atom is 0.191 e. The standard InChI is InChI=1S/C20H32FN3O4.HI/c1-2-22-20(23-10-4-11-26-15-19-5-3-12-27-19)24-13-17(25)14-28-18-8-6-16(21)7-9-18;/h6-9,17,19,25H,2-5,10-15H2,1H3,(H2,22,23,24);1H. The van der Waals surface area contributed by atoms with Crippen molar-refractivity contribution in [2.75, 3.05) is 46.1 Å². The van der Waals surface area contributed by atoms with E-state index in [1.54, 1.807) is 0 Å². The molecule has 2 atom stereocenters. The minimum absolute atomic E-state index is 0. The van der Waals surface area contributed by atoms with Crippen LogP contribution in [0.4, 0.5) is 4.39 Å². The monoisotopic (exact) mass is 525 g/mol. The summed E-state index contributed by atoms with van der Waals surface area (Å²) in [7, 11) is 0. The molecule has 0 aliphatic carbocycles. The van der Waals surface area contributed by atoms with Gasteiger partial charge in [-0.05, 0) is 50.5 Å². The van der Waals surface area contributed by atoms with Gasteiger partial charge in [0.15, 0.2) is 5.96 Å². The Bertz CT molecular complexity index is 571. The zero-order valence-corrected chi connectivity index (χ0v) is 19.3. The van der Waals surface area contributed by atoms with Crippen molar-refractivity contribution in [1.82, 2.24) is 10.6 Å². The van der Waals surface area contributed by atoms with Crippen LogP contribution >= 0.6 is 24.0 Å². The number of ether oxygens (including phenoxy) is 3. The predicted octanol–water partition coefficient (Wildman–Crippen LogP) is 2.32. The summed E-state index contributed by atoms with van der Waals surface area (Å²) in [5.41, 5.74) is 0. The van der Waals surface area contributed by atoms with Crippen LogP contribution in [0.1, 0.15) is 26.2 Å². The summed E-state index contributed by atoms with van der Waals surface area (Å²) < 4.78 is 29.4. The molecule has 9 heteroatoms. The van der Waals surface area contributed by atoms with Crippen LogP contribution in [0.2, 0.25) is 0 Å². The van der Waals surface area contributed by atoms with Gasteiger partial charge in [-0.1, -0.05) is 0 Å². The van der Waals surface area contributed by atoms with E-state index in [9.17, 15) is 9.50 Å². The summed E-state index contributed by atoms with van der Waals surface area (Å²) in [5, 5.41) is 16.4. The molecule has 1 aromatic carbocycles. The number of hydrogen-bond acceptors (Lipinski definition) is 5. The summed E-state index contributed by atoms with van der Waals surface area (Å²) in [6.07, 6.45) is 2.57. The van der Waals surface area contributed by atoms with Crippen molar-refractivity contribution in [2.45, 2.75) is 38.4 Å². The number of nitrogens with zero attached hydrogens (tertiary/aromatic N) is 1. The Morgan fingerprint density at radius 1 is 1.34 bits per heavy atom. The molecule has 1 heterocycles. The van der Waals surface area contributed by atoms with Gasteiger partial charge in [-0.25, -0.2) is 4.39 Å². The second-order valence-corrected chi connectivity index (χ2v) is 6.63. The van der Waals surface area contributed by atoms with Gasteiger partial charge in [-0.2, -0.15) is 0 Å². The third kappa shape index (κ3) is 11.6. The third-order valence-corrected chi connectivity index (χ3v) is 4.15. The Morgan fingerprint density at radius 2 is 2.14 bits per heavy atom. The van der Waals surface area contributed by atoms with Crippen LogP contribution in [0.25, 0.3) is 0 Å². The molecule has 0 bridgehead atoms. The van der Waals surface area contributed by atoms with E-state index in [1.165, 1.54) is 24.3 Å². The Kier molecular flexibility index (Phi) is 14.0. The maximum absolute atomic E-state index is 12.9. The van der Waals surface area contributed by atoms with Crippen LogP contribution < -0.4 is 15.4 Å². The highest BCUT2D eigenvalue weighted by molar-refractivity contribution is 14.0. The van der Waals surface area contributed by atoms with E-state index in [4.69, 9.17) is 14.2 Å². The van der Waals surface area contributed by atoms with Crippen molar-refractivity contribution in [3.8, 4) is 5.75 Å². The number of rotatable bonds is 12. The second kappa shape index (κ2) is 15.6. The zero-order chi connectivity index (χ0) is 20.0. The summed E-state index contributed by atoms with van der Waals surface area (Å²) in [6, 6.07) is 5.69. The predicted molar refractivity (Wildman–Crippen MR) is 122 cm³/mol. The molecule has 0 spiro atoms. The fourth-order valence-corrected chi connectivity index (χ4v) is 2.69. The highest BCUT2D eigenvalue weighted by Gasteiger charge is 2.14. The fraction of sp³-hybridized carbons (Fsp3) is 0.650. The number of benzene rings is 1. The van der Waals surface area contributed by atoms with E-state index in [0.717, 1.165) is 39.0 Å². The van der Waals surface area contributed by atoms with E-state index < -0.39 is 6.10 Å². The average Bonchev–Trinajstić information content (AvgIpc) is 3.21. The lowest BCUT2D eigenvalue weighted by molar-refractivity contribution is 0.0168. The van der Waals surface area contributed by atoms with E-state index in [-0.39, 0.29) is 49.0 Å². The molecule has 2 unspecified atom stereocenters. The highest BCUT2D eigenvalue weighted by Crippen LogP contribution is 2.12. The zero-order valence-electron chi connectivity index (χ0n) is 16.9. The molecular weight excluding hydrogens is 492 g/mol. The van der Waals surface area contributed by atoms with Crippen molar-refractivity contribution in [3.05, 3.63) is 30.1 Å². The van der Waals surface area contributed by atoms with Crippen LogP contribution in [-0.2, 0) is 9.47 Å². The molecule has 1 fully saturated rings. The van der Waals surface area contributed by atoms with Crippen LogP contribution in [0.3, 0.4) is 0 Å². The Balaban J connectivity index is 0.00000420. The third-order valence-electron chi connectivity index (χ3n) is 4.15. The first-order chi connectivity index (χ1) is 13.7. The van der Waals surface area contributed by atoms with Crippen LogP contribution in [0.5, 0.6) is 5.75 Å². The molecule has 1 saturated heterocycles. The Morgan fingerprint density at radius 3 is 2.83 bits per heavy atom. The molecule has 1 aliphatic rings. The van der Waals surface area contributed by atoms with Gasteiger partial charge in [-0.3, -0.25) is 4.99 Å². The lowest BCUT2D eigenvalue weighted by atomic mass is 10.2. The van der Waals surface area contributed by atoms with Crippen molar-refractivity contribution >= 4 is 29.9 Å². The van der Waals surface area contributed by atoms with Crippen LogP contribution in [0, 0.1) is 5.82 Å². The maximum atomic E-state index is 12.9. The second-order valence-electron chi connectivity index (χ2n) is 6.63. The minimum atomic E-state index is -0.754. The van der Waals surface area contributed by atoms with Gasteiger partial charge >= 0.3 is 0 Å². The number of guanidine groups is 1. The van der Waals surface area contributed by atoms with E-state index in [0.29, 0.717) is 24.9 Å². The summed E-state index contributed by atoms with van der Waals surface area (Å²) >= 11 is 0. The normalized spacial score (nSPS) is 17.5. The van der Waals surface area contributed by atoms with Crippen LogP contribution in [0.15, 0.2) is 29.3 Å². The molecule has 0 amide bonds. The number of aliphatic hydroxyl groups excluding tert-OH is 1. The molecule has 0 radical (unpaired) electrons. The van der Waals surface area contributed by atoms with Gasteiger partial charge < -0.3 is 30.0 Å². The molecule has 3 N–H and O–H groups in total. The lowest BCUT2D eigenvalue weighted by Gasteiger charge is -2.14. The number of aliphatic imine (C=N–C) groups is 1. The van der Waals surface area contributed by atoms with Gasteiger partial charge in [-0.15, -0.1) is 24.0 Å². The smallest absolute Gasteiger partial charge is 0.191 e. The molecule has 1 aromatic rings. The topological polar surface area (TPSA) is 84.3 Å². The van der Waals surface area contributed by atoms with E-state index >= 15 is 0 Å². The molecule has 7 nitrogen and oxygen atoms in total. The Labute approximate surface area is 189 Å². The molecule has 0 saturated carbocycles. The summed E-state index contributed by atoms with van der Waals surface area (Å²) in [5.74, 6) is 0.830.